The smallest absolute Gasteiger partial charge is 0.293 e. The summed E-state index contributed by atoms with van der Waals surface area (Å²) in [7, 11) is 0. The zero-order chi connectivity index (χ0) is 18.7. The summed E-state index contributed by atoms with van der Waals surface area (Å²) in [5, 5.41) is 29.6. The van der Waals surface area contributed by atoms with Crippen molar-refractivity contribution < 1.29 is 9.72 Å². The van der Waals surface area contributed by atoms with Crippen molar-refractivity contribution in [1.82, 2.24) is 10.2 Å². The van der Waals surface area contributed by atoms with Crippen molar-refractivity contribution in [3.05, 3.63) is 62.9 Å². The lowest BCUT2D eigenvalue weighted by molar-refractivity contribution is -0.383. The van der Waals surface area contributed by atoms with E-state index in [9.17, 15) is 19.7 Å². The molecule has 26 heavy (non-hydrogen) atoms. The second-order valence-electron chi connectivity index (χ2n) is 5.32. The van der Waals surface area contributed by atoms with Crippen molar-refractivity contribution >= 4 is 28.1 Å². The zero-order valence-electron chi connectivity index (χ0n) is 13.2. The van der Waals surface area contributed by atoms with Crippen LogP contribution in [-0.4, -0.2) is 21.0 Å². The minimum absolute atomic E-state index is 0.0206. The Bertz CT molecular complexity index is 1130. The maximum Gasteiger partial charge on any atom is 0.293 e. The van der Waals surface area contributed by atoms with E-state index in [1.165, 1.54) is 12.1 Å². The lowest BCUT2D eigenvalue weighted by Gasteiger charge is -2.08. The first kappa shape index (κ1) is 16.8. The molecule has 1 amide bonds. The van der Waals surface area contributed by atoms with Crippen LogP contribution in [0, 0.1) is 21.4 Å². The van der Waals surface area contributed by atoms with Crippen LogP contribution < -0.4 is 10.9 Å². The molecule has 0 atom stereocenters. The second kappa shape index (κ2) is 6.82. The number of nitro benzene ring substituents is 1. The van der Waals surface area contributed by atoms with Gasteiger partial charge in [-0.1, -0.05) is 24.3 Å². The number of carbonyl (C=O) groups excluding carboxylic acids is 1. The van der Waals surface area contributed by atoms with E-state index in [1.54, 1.807) is 36.4 Å². The third kappa shape index (κ3) is 3.11. The fourth-order valence-electron chi connectivity index (χ4n) is 2.54. The highest BCUT2D eigenvalue weighted by Crippen LogP contribution is 2.32. The van der Waals surface area contributed by atoms with E-state index in [1.807, 2.05) is 0 Å². The Morgan fingerprint density at radius 2 is 2.00 bits per heavy atom. The van der Waals surface area contributed by atoms with E-state index in [4.69, 9.17) is 5.26 Å². The minimum Gasteiger partial charge on any atom is -0.319 e. The van der Waals surface area contributed by atoms with Gasteiger partial charge in [-0.2, -0.15) is 10.4 Å². The summed E-state index contributed by atoms with van der Waals surface area (Å²) < 4.78 is 0. The van der Waals surface area contributed by atoms with Gasteiger partial charge in [-0.3, -0.25) is 19.7 Å². The number of H-pyrrole nitrogens is 1. The monoisotopic (exact) mass is 349 g/mol. The molecule has 2 N–H and O–H groups in total. The molecule has 0 aliphatic carbocycles. The minimum atomic E-state index is -0.643. The maximum absolute atomic E-state index is 11.9. The summed E-state index contributed by atoms with van der Waals surface area (Å²) in [6, 6.07) is 12.6. The number of benzene rings is 2. The van der Waals surface area contributed by atoms with Crippen LogP contribution in [-0.2, 0) is 4.79 Å². The molecule has 0 spiro atoms. The molecule has 9 heteroatoms. The van der Waals surface area contributed by atoms with Crippen LogP contribution in [0.3, 0.4) is 0 Å². The number of amides is 1. The molecule has 9 nitrogen and oxygen atoms in total. The van der Waals surface area contributed by atoms with Gasteiger partial charge in [0.15, 0.2) is 0 Å². The first-order chi connectivity index (χ1) is 12.5. The fourth-order valence-corrected chi connectivity index (χ4v) is 2.54. The Morgan fingerprint density at radius 1 is 1.27 bits per heavy atom. The summed E-state index contributed by atoms with van der Waals surface area (Å²) in [6.45, 7) is 0. The number of nitro groups is 1. The number of fused-ring (bicyclic) bond motifs is 1. The van der Waals surface area contributed by atoms with Crippen molar-refractivity contribution in [2.24, 2.45) is 0 Å². The van der Waals surface area contributed by atoms with Crippen LogP contribution in [0.25, 0.3) is 22.0 Å². The van der Waals surface area contributed by atoms with E-state index >= 15 is 0 Å². The van der Waals surface area contributed by atoms with Crippen LogP contribution in [0.2, 0.25) is 0 Å². The van der Waals surface area contributed by atoms with Crippen molar-refractivity contribution in [3.8, 4) is 17.3 Å². The average molecular weight is 349 g/mol. The number of nitriles is 1. The molecular formula is C17H11N5O4. The Labute approximate surface area is 146 Å². The highest BCUT2D eigenvalue weighted by atomic mass is 16.6. The number of hydrogen-bond acceptors (Lipinski definition) is 6. The lowest BCUT2D eigenvalue weighted by Crippen LogP contribution is -2.12. The van der Waals surface area contributed by atoms with Crippen LogP contribution in [0.4, 0.5) is 11.4 Å². The SMILES string of the molecule is N#CCC(=O)Nc1ccc(-c2n[nH]c(=O)c3ccccc23)cc1[N+](=O)[O-]. The van der Waals surface area contributed by atoms with Gasteiger partial charge in [0.05, 0.1) is 22.1 Å². The number of carbonyl (C=O) groups is 1. The van der Waals surface area contributed by atoms with Gasteiger partial charge in [-0.25, -0.2) is 5.10 Å². The topological polar surface area (TPSA) is 142 Å². The predicted molar refractivity (Wildman–Crippen MR) is 93.3 cm³/mol. The van der Waals surface area contributed by atoms with Gasteiger partial charge < -0.3 is 5.32 Å². The van der Waals surface area contributed by atoms with Crippen LogP contribution in [0.15, 0.2) is 47.3 Å². The zero-order valence-corrected chi connectivity index (χ0v) is 13.2. The van der Waals surface area contributed by atoms with E-state index in [0.29, 0.717) is 22.0 Å². The molecule has 3 aromatic rings. The third-order valence-corrected chi connectivity index (χ3v) is 3.68. The Balaban J connectivity index is 2.13. The lowest BCUT2D eigenvalue weighted by atomic mass is 10.0. The van der Waals surface area contributed by atoms with Gasteiger partial charge >= 0.3 is 0 Å². The van der Waals surface area contributed by atoms with Gasteiger partial charge in [0, 0.05) is 17.0 Å². The van der Waals surface area contributed by atoms with Gasteiger partial charge in [-0.05, 0) is 12.1 Å². The molecule has 0 fully saturated rings. The molecule has 3 rings (SSSR count). The highest BCUT2D eigenvalue weighted by molar-refractivity contribution is 5.97. The maximum atomic E-state index is 11.9. The molecule has 2 aromatic carbocycles. The van der Waals surface area contributed by atoms with Crippen molar-refractivity contribution in [2.45, 2.75) is 6.42 Å². The summed E-state index contributed by atoms with van der Waals surface area (Å²) in [5.41, 5.74) is 0.0541. The van der Waals surface area contributed by atoms with Gasteiger partial charge in [0.1, 0.15) is 12.1 Å². The van der Waals surface area contributed by atoms with Gasteiger partial charge in [-0.15, -0.1) is 0 Å². The largest absolute Gasteiger partial charge is 0.319 e. The average Bonchev–Trinajstić information content (AvgIpc) is 2.63. The van der Waals surface area contributed by atoms with Crippen molar-refractivity contribution in [2.75, 3.05) is 5.32 Å². The predicted octanol–water partition coefficient (Wildman–Crippen LogP) is 2.35. The van der Waals surface area contributed by atoms with Gasteiger partial charge in [0.25, 0.3) is 11.2 Å². The highest BCUT2D eigenvalue weighted by Gasteiger charge is 2.19. The molecule has 1 aromatic heterocycles. The molecule has 128 valence electrons. The molecule has 0 bridgehead atoms. The Kier molecular flexibility index (Phi) is 4.40. The third-order valence-electron chi connectivity index (χ3n) is 3.68. The van der Waals surface area contributed by atoms with Crippen molar-refractivity contribution in [3.63, 3.8) is 0 Å². The first-order valence-electron chi connectivity index (χ1n) is 7.44. The number of nitrogens with zero attached hydrogens (tertiary/aromatic N) is 3. The quantitative estimate of drug-likeness (QED) is 0.547. The van der Waals surface area contributed by atoms with E-state index in [0.717, 1.165) is 0 Å². The number of aromatic amines is 1. The summed E-state index contributed by atoms with van der Waals surface area (Å²) in [4.78, 5) is 34.2. The molecule has 1 heterocycles. The van der Waals surface area contributed by atoms with Crippen LogP contribution >= 0.6 is 0 Å². The summed E-state index contributed by atoms with van der Waals surface area (Å²) in [6.07, 6.45) is -0.412. The van der Waals surface area contributed by atoms with Crippen LogP contribution in [0.1, 0.15) is 6.42 Å². The van der Waals surface area contributed by atoms with E-state index in [2.05, 4.69) is 15.5 Å². The number of nitrogens with one attached hydrogen (secondary N) is 2. The van der Waals surface area contributed by atoms with E-state index < -0.39 is 17.3 Å². The molecular weight excluding hydrogens is 338 g/mol. The summed E-state index contributed by atoms with van der Waals surface area (Å²) in [5.74, 6) is -0.643. The van der Waals surface area contributed by atoms with Crippen LogP contribution in [0.5, 0.6) is 0 Å². The summed E-state index contributed by atoms with van der Waals surface area (Å²) >= 11 is 0. The van der Waals surface area contributed by atoms with Gasteiger partial charge in [0.2, 0.25) is 5.91 Å². The number of anilines is 1. The van der Waals surface area contributed by atoms with Crippen molar-refractivity contribution in [1.29, 1.82) is 5.26 Å². The molecule has 0 aliphatic heterocycles. The molecule has 0 saturated carbocycles. The second-order valence-corrected chi connectivity index (χ2v) is 5.32. The Hall–Kier alpha value is -4.06. The van der Waals surface area contributed by atoms with E-state index in [-0.39, 0.29) is 16.9 Å². The Morgan fingerprint density at radius 3 is 2.69 bits per heavy atom. The molecule has 0 aliphatic rings. The number of aromatic nitrogens is 2. The normalized spacial score (nSPS) is 10.3. The standard InChI is InChI=1S/C17H11N5O4/c18-8-7-15(23)19-13-6-5-10(9-14(13)22(25)26)16-11-3-1-2-4-12(11)17(24)21-20-16/h1-6,9H,7H2,(H,19,23)(H,21,24). The molecule has 0 unspecified atom stereocenters. The molecule has 0 radical (unpaired) electrons. The molecule has 0 saturated heterocycles. The number of rotatable bonds is 4. The first-order valence-corrected chi connectivity index (χ1v) is 7.44. The fraction of sp³-hybridized carbons (Fsp3) is 0.0588. The number of hydrogen-bond donors (Lipinski definition) is 2.